The van der Waals surface area contributed by atoms with Gasteiger partial charge in [-0.25, -0.2) is 9.13 Å². The average Bonchev–Trinajstić information content (AvgIpc) is 0.906. The summed E-state index contributed by atoms with van der Waals surface area (Å²) in [6.07, 6.45) is 99.8. The predicted octanol–water partition coefficient (Wildman–Crippen LogP) is 24.9. The normalized spacial score (nSPS) is 14.8. The SMILES string of the molecule is CC/C=C\C/C=C\C/C=C\C/C=C\C/C=C\CCCC(=O)OC(COC(=O)CCCCCCCC/C=C\C/C=C\C/C=C\C/C=C\CC)COP(=O)(O)OCC(O)COP(=O)(O)OCC(COC(=O)CCCCCCCC/C=C\C/C=C\C/C=C\CCCCC)OC(=O)CCCC/C=C\C/C=C\C/C=C\C/C=C\CC. The molecule has 0 aromatic rings. The largest absolute Gasteiger partial charge is 0.472 e. The molecule has 0 amide bonds. The number of hydrogen-bond acceptors (Lipinski definition) is 15. The first-order valence-corrected chi connectivity index (χ1v) is 44.7. The van der Waals surface area contributed by atoms with Gasteiger partial charge < -0.3 is 33.8 Å². The van der Waals surface area contributed by atoms with Crippen molar-refractivity contribution in [1.29, 1.82) is 0 Å². The van der Waals surface area contributed by atoms with Crippen LogP contribution in [0, 0.1) is 0 Å². The second-order valence-corrected chi connectivity index (χ2v) is 29.8. The second-order valence-electron chi connectivity index (χ2n) is 26.9. The van der Waals surface area contributed by atoms with Gasteiger partial charge in [0.25, 0.3) is 0 Å². The first-order chi connectivity index (χ1) is 53.7. The van der Waals surface area contributed by atoms with Crippen LogP contribution in [0.25, 0.3) is 0 Å². The third-order valence-corrected chi connectivity index (χ3v) is 18.4. The van der Waals surface area contributed by atoms with Crippen LogP contribution in [0.2, 0.25) is 0 Å². The Morgan fingerprint density at radius 2 is 0.482 bits per heavy atom. The Morgan fingerprint density at radius 1 is 0.264 bits per heavy atom. The summed E-state index contributed by atoms with van der Waals surface area (Å²) in [5.41, 5.74) is 0. The van der Waals surface area contributed by atoms with E-state index < -0.39 is 97.5 Å². The zero-order valence-electron chi connectivity index (χ0n) is 68.1. The van der Waals surface area contributed by atoms with Crippen LogP contribution in [-0.4, -0.2) is 96.7 Å². The summed E-state index contributed by atoms with van der Waals surface area (Å²) in [6, 6.07) is 0. The first-order valence-electron chi connectivity index (χ1n) is 41.7. The van der Waals surface area contributed by atoms with E-state index in [2.05, 4.69) is 210 Å². The van der Waals surface area contributed by atoms with Gasteiger partial charge in [0.05, 0.1) is 26.4 Å². The number of carbonyl (C=O) groups is 4. The standard InChI is InChI=1S/C91H146O17P2/c1-5-9-13-17-21-25-29-33-37-40-42-45-48-51-55-59-63-67-71-75-88(93)101-81-86(107-90(95)77-73-69-65-61-57-53-47-36-32-28-24-20-16-12-8-4)83-105-109(97,98)103-79-85(92)80-104-110(99,100)106-84-87(108-91(96)78-74-70-66-62-58-54-50-44-39-35-31-27-23-19-15-11-7-3)82-102-89(94)76-72-68-64-60-56-52-49-46-43-41-38-34-30-26-22-18-14-10-6-2/h10-12,14-16,21-28,33-39,42-43,45-47,50,54,57,61-62,66,85-87,92H,5-9,13,17-20,29-32,40-41,44,48-49,51-53,55-56,58-60,63-65,67-84H2,1-4H3,(H,97,98)(H,99,100)/b14-10-,15-11-,16-12-,25-21-,26-22-,27-23-,28-24-,37-33-,38-34-,39-35-,45-42-,46-43-,47-36-,54-50-,61-57-,66-62-. The van der Waals surface area contributed by atoms with Crippen molar-refractivity contribution in [3.8, 4) is 0 Å². The molecule has 110 heavy (non-hydrogen) atoms. The Kier molecular flexibility index (Phi) is 76.4. The van der Waals surface area contributed by atoms with Gasteiger partial charge in [0.2, 0.25) is 0 Å². The van der Waals surface area contributed by atoms with E-state index in [0.717, 1.165) is 186 Å². The van der Waals surface area contributed by atoms with Crippen LogP contribution in [0.1, 0.15) is 297 Å². The second kappa shape index (κ2) is 80.9. The van der Waals surface area contributed by atoms with E-state index in [0.29, 0.717) is 38.5 Å². The zero-order chi connectivity index (χ0) is 80.3. The van der Waals surface area contributed by atoms with Crippen molar-refractivity contribution in [2.45, 2.75) is 316 Å². The molecule has 0 aromatic heterocycles. The average molecular weight is 1570 g/mol. The highest BCUT2D eigenvalue weighted by molar-refractivity contribution is 7.47. The molecule has 0 bridgehead atoms. The first kappa shape index (κ1) is 104. The lowest BCUT2D eigenvalue weighted by atomic mass is 10.1. The zero-order valence-corrected chi connectivity index (χ0v) is 69.9. The van der Waals surface area contributed by atoms with Gasteiger partial charge in [0.1, 0.15) is 19.3 Å². The molecule has 17 nitrogen and oxygen atoms in total. The molecule has 0 fully saturated rings. The van der Waals surface area contributed by atoms with E-state index in [1.165, 1.54) is 19.3 Å². The van der Waals surface area contributed by atoms with Crippen molar-refractivity contribution in [3.05, 3.63) is 194 Å². The predicted molar refractivity (Wildman–Crippen MR) is 454 cm³/mol. The molecule has 622 valence electrons. The molecular weight excluding hydrogens is 1430 g/mol. The quantitative estimate of drug-likeness (QED) is 0.0169. The van der Waals surface area contributed by atoms with Crippen molar-refractivity contribution in [2.75, 3.05) is 39.6 Å². The molecule has 5 unspecified atom stereocenters. The lowest BCUT2D eigenvalue weighted by Gasteiger charge is -2.21. The lowest BCUT2D eigenvalue weighted by Crippen LogP contribution is -2.30. The van der Waals surface area contributed by atoms with Crippen LogP contribution in [0.3, 0.4) is 0 Å². The number of rotatable bonds is 76. The van der Waals surface area contributed by atoms with Gasteiger partial charge in [-0.2, -0.15) is 0 Å². The molecule has 0 radical (unpaired) electrons. The van der Waals surface area contributed by atoms with E-state index in [1.54, 1.807) is 0 Å². The highest BCUT2D eigenvalue weighted by atomic mass is 31.2. The molecule has 0 aliphatic rings. The number of carbonyl (C=O) groups excluding carboxylic acids is 4. The van der Waals surface area contributed by atoms with Crippen molar-refractivity contribution in [2.24, 2.45) is 0 Å². The summed E-state index contributed by atoms with van der Waals surface area (Å²) >= 11 is 0. The minimum atomic E-state index is -5.01. The number of aliphatic hydroxyl groups excluding tert-OH is 1. The van der Waals surface area contributed by atoms with Gasteiger partial charge in [0.15, 0.2) is 12.2 Å². The number of unbranched alkanes of at least 4 members (excludes halogenated alkanes) is 18. The van der Waals surface area contributed by atoms with Crippen molar-refractivity contribution in [1.82, 2.24) is 0 Å². The maximum Gasteiger partial charge on any atom is 0.472 e. The Balaban J connectivity index is 5.50. The van der Waals surface area contributed by atoms with Gasteiger partial charge in [-0.1, -0.05) is 286 Å². The topological polar surface area (TPSA) is 237 Å². The number of allylic oxidation sites excluding steroid dienone is 32. The van der Waals surface area contributed by atoms with Crippen LogP contribution in [-0.2, 0) is 65.4 Å². The third-order valence-electron chi connectivity index (χ3n) is 16.5. The molecule has 0 saturated carbocycles. The maximum absolute atomic E-state index is 13.1. The molecule has 0 saturated heterocycles. The fraction of sp³-hybridized carbons (Fsp3) is 0.604. The van der Waals surface area contributed by atoms with E-state index in [1.807, 2.05) is 12.2 Å². The van der Waals surface area contributed by atoms with Crippen molar-refractivity contribution < 1.29 is 80.2 Å². The Bertz CT molecular complexity index is 2850. The van der Waals surface area contributed by atoms with E-state index in [-0.39, 0.29) is 25.7 Å². The summed E-state index contributed by atoms with van der Waals surface area (Å²) in [5.74, 6) is -2.34. The maximum atomic E-state index is 13.1. The number of phosphoric acid groups is 2. The summed E-state index contributed by atoms with van der Waals surface area (Å²) < 4.78 is 68.6. The van der Waals surface area contributed by atoms with E-state index in [4.69, 9.17) is 37.0 Å². The molecule has 19 heteroatoms. The number of phosphoric ester groups is 2. The number of hydrogen-bond donors (Lipinski definition) is 3. The van der Waals surface area contributed by atoms with Gasteiger partial charge >= 0.3 is 39.5 Å². The Labute approximate surface area is 666 Å². The minimum absolute atomic E-state index is 0.00412. The van der Waals surface area contributed by atoms with Crippen LogP contribution < -0.4 is 0 Å². The Hall–Kier alpha value is -6.10. The fourth-order valence-corrected chi connectivity index (χ4v) is 11.9. The third kappa shape index (κ3) is 80.0. The molecule has 0 aromatic carbocycles. The highest BCUT2D eigenvalue weighted by Crippen LogP contribution is 2.45. The number of esters is 4. The Morgan fingerprint density at radius 3 is 0.782 bits per heavy atom. The summed E-state index contributed by atoms with van der Waals surface area (Å²) in [4.78, 5) is 73.2. The van der Waals surface area contributed by atoms with Gasteiger partial charge in [0, 0.05) is 25.7 Å². The van der Waals surface area contributed by atoms with E-state index >= 15 is 0 Å². The van der Waals surface area contributed by atoms with Crippen LogP contribution in [0.15, 0.2) is 194 Å². The molecule has 0 rings (SSSR count). The van der Waals surface area contributed by atoms with Gasteiger partial charge in [-0.3, -0.25) is 37.3 Å². The van der Waals surface area contributed by atoms with Crippen molar-refractivity contribution >= 4 is 39.5 Å². The molecule has 5 atom stereocenters. The van der Waals surface area contributed by atoms with E-state index in [9.17, 15) is 43.2 Å². The van der Waals surface area contributed by atoms with Crippen LogP contribution in [0.5, 0.6) is 0 Å². The minimum Gasteiger partial charge on any atom is -0.462 e. The monoisotopic (exact) mass is 1570 g/mol. The van der Waals surface area contributed by atoms with Gasteiger partial charge in [-0.15, -0.1) is 0 Å². The number of ether oxygens (including phenoxy) is 4. The lowest BCUT2D eigenvalue weighted by molar-refractivity contribution is -0.161. The number of aliphatic hydroxyl groups is 1. The summed E-state index contributed by atoms with van der Waals surface area (Å²) in [5, 5.41) is 10.7. The summed E-state index contributed by atoms with van der Waals surface area (Å²) in [6.45, 7) is 4.35. The molecule has 0 aliphatic heterocycles. The smallest absolute Gasteiger partial charge is 0.462 e. The van der Waals surface area contributed by atoms with Crippen LogP contribution in [0.4, 0.5) is 0 Å². The highest BCUT2D eigenvalue weighted by Gasteiger charge is 2.30. The van der Waals surface area contributed by atoms with Crippen molar-refractivity contribution in [3.63, 3.8) is 0 Å². The molecule has 3 N–H and O–H groups in total. The molecule has 0 spiro atoms. The molecule has 0 heterocycles. The molecular formula is C91H146O17P2. The molecule has 0 aliphatic carbocycles. The fourth-order valence-electron chi connectivity index (χ4n) is 10.3. The summed E-state index contributed by atoms with van der Waals surface area (Å²) in [7, 11) is -10.0. The van der Waals surface area contributed by atoms with Gasteiger partial charge in [-0.05, 0) is 180 Å². The van der Waals surface area contributed by atoms with Crippen LogP contribution >= 0.6 is 15.6 Å².